The number of aromatic nitrogens is 2. The molecule has 3 rings (SSSR count). The Morgan fingerprint density at radius 2 is 1.73 bits per heavy atom. The second kappa shape index (κ2) is 6.40. The molecule has 8 nitrogen and oxygen atoms in total. The summed E-state index contributed by atoms with van der Waals surface area (Å²) >= 11 is 0. The largest absolute Gasteiger partial charge is 0.465 e. The predicted octanol–water partition coefficient (Wildman–Crippen LogP) is 3.04. The van der Waals surface area contributed by atoms with Crippen LogP contribution in [0.4, 0.5) is 5.69 Å². The second-order valence-corrected chi connectivity index (χ2v) is 5.86. The highest BCUT2D eigenvalue weighted by Crippen LogP contribution is 2.22. The summed E-state index contributed by atoms with van der Waals surface area (Å²) in [5.74, 6) is -1.28. The third-order valence-corrected chi connectivity index (χ3v) is 4.18. The summed E-state index contributed by atoms with van der Waals surface area (Å²) in [5.41, 5.74) is 2.82. The van der Waals surface area contributed by atoms with Gasteiger partial charge < -0.3 is 4.74 Å². The van der Waals surface area contributed by atoms with Crippen LogP contribution in [0.2, 0.25) is 0 Å². The predicted molar refractivity (Wildman–Crippen MR) is 93.4 cm³/mol. The van der Waals surface area contributed by atoms with E-state index in [1.165, 1.54) is 17.0 Å². The number of nitrogens with zero attached hydrogens (tertiary/aromatic N) is 3. The van der Waals surface area contributed by atoms with E-state index in [4.69, 9.17) is 0 Å². The first-order valence-electron chi connectivity index (χ1n) is 7.68. The molecule has 0 spiro atoms. The first-order valence-corrected chi connectivity index (χ1v) is 7.68. The van der Waals surface area contributed by atoms with Crippen LogP contribution in [0.3, 0.4) is 0 Å². The van der Waals surface area contributed by atoms with Gasteiger partial charge in [0.05, 0.1) is 28.6 Å². The van der Waals surface area contributed by atoms with Crippen LogP contribution < -0.4 is 0 Å². The molecule has 0 aliphatic heterocycles. The van der Waals surface area contributed by atoms with Crippen molar-refractivity contribution in [3.8, 4) is 0 Å². The van der Waals surface area contributed by atoms with Gasteiger partial charge in [0.1, 0.15) is 6.33 Å². The molecule has 0 saturated carbocycles. The Balaban J connectivity index is 2.16. The van der Waals surface area contributed by atoms with Crippen molar-refractivity contribution < 1.29 is 19.2 Å². The fourth-order valence-electron chi connectivity index (χ4n) is 2.64. The maximum atomic E-state index is 12.9. The molecule has 0 atom stereocenters. The number of benzene rings is 2. The Hall–Kier alpha value is -3.55. The van der Waals surface area contributed by atoms with E-state index in [1.54, 1.807) is 0 Å². The van der Waals surface area contributed by atoms with E-state index in [0.29, 0.717) is 11.0 Å². The minimum atomic E-state index is -0.760. The minimum absolute atomic E-state index is 0.00266. The summed E-state index contributed by atoms with van der Waals surface area (Å²) in [5, 5.41) is 11.1. The monoisotopic (exact) mass is 353 g/mol. The van der Waals surface area contributed by atoms with Gasteiger partial charge in [-0.3, -0.25) is 19.5 Å². The van der Waals surface area contributed by atoms with Gasteiger partial charge in [-0.25, -0.2) is 9.78 Å². The lowest BCUT2D eigenvalue weighted by molar-refractivity contribution is -0.384. The molecule has 1 heterocycles. The summed E-state index contributed by atoms with van der Waals surface area (Å²) in [7, 11) is 1.16. The van der Waals surface area contributed by atoms with E-state index in [1.807, 2.05) is 26.0 Å². The smallest absolute Gasteiger partial charge is 0.338 e. The Bertz CT molecular complexity index is 1070. The number of methoxy groups -OCH3 is 1. The Morgan fingerprint density at radius 1 is 1.08 bits per heavy atom. The number of hydrogen-bond donors (Lipinski definition) is 0. The summed E-state index contributed by atoms with van der Waals surface area (Å²) in [6.07, 6.45) is 1.36. The van der Waals surface area contributed by atoms with Gasteiger partial charge in [-0.15, -0.1) is 0 Å². The third kappa shape index (κ3) is 2.92. The number of rotatable bonds is 3. The number of carbonyl (C=O) groups excluding carboxylic acids is 2. The summed E-state index contributed by atoms with van der Waals surface area (Å²) in [6.45, 7) is 3.86. The van der Waals surface area contributed by atoms with Gasteiger partial charge in [-0.2, -0.15) is 0 Å². The SMILES string of the molecule is COC(=O)c1cc(C(=O)n2cnc3cc(C)c(C)cc32)cc([N+](=O)[O-])c1. The average Bonchev–Trinajstić information content (AvgIpc) is 3.02. The zero-order valence-corrected chi connectivity index (χ0v) is 14.3. The zero-order chi connectivity index (χ0) is 19.0. The maximum absolute atomic E-state index is 12.9. The number of non-ortho nitro benzene ring substituents is 1. The normalized spacial score (nSPS) is 10.7. The van der Waals surface area contributed by atoms with Gasteiger partial charge in [0.15, 0.2) is 0 Å². The summed E-state index contributed by atoms with van der Waals surface area (Å²) < 4.78 is 5.91. The molecule has 0 radical (unpaired) electrons. The molecular weight excluding hydrogens is 338 g/mol. The number of fused-ring (bicyclic) bond motifs is 1. The molecule has 0 aliphatic carbocycles. The molecule has 8 heteroatoms. The van der Waals surface area contributed by atoms with E-state index < -0.39 is 16.8 Å². The van der Waals surface area contributed by atoms with Gasteiger partial charge in [0.2, 0.25) is 0 Å². The Labute approximate surface area is 148 Å². The molecule has 0 N–H and O–H groups in total. The molecule has 0 fully saturated rings. The van der Waals surface area contributed by atoms with Gasteiger partial charge in [-0.1, -0.05) is 0 Å². The van der Waals surface area contributed by atoms with E-state index in [0.717, 1.165) is 30.4 Å². The van der Waals surface area contributed by atoms with Crippen LogP contribution >= 0.6 is 0 Å². The molecular formula is C18H15N3O5. The molecule has 3 aromatic rings. The number of nitro benzene ring substituents is 1. The van der Waals surface area contributed by atoms with Crippen molar-refractivity contribution >= 4 is 28.6 Å². The highest BCUT2D eigenvalue weighted by Gasteiger charge is 2.20. The number of ether oxygens (including phenoxy) is 1. The first-order chi connectivity index (χ1) is 12.3. The van der Waals surface area contributed by atoms with Crippen molar-refractivity contribution in [1.29, 1.82) is 0 Å². The Morgan fingerprint density at radius 3 is 2.38 bits per heavy atom. The first kappa shape index (κ1) is 17.3. The number of hydrogen-bond acceptors (Lipinski definition) is 6. The van der Waals surface area contributed by atoms with Crippen LogP contribution in [0.15, 0.2) is 36.7 Å². The van der Waals surface area contributed by atoms with Gasteiger partial charge in [0.25, 0.3) is 11.6 Å². The van der Waals surface area contributed by atoms with Crippen LogP contribution in [0, 0.1) is 24.0 Å². The number of imidazole rings is 1. The number of nitro groups is 1. The average molecular weight is 353 g/mol. The van der Waals surface area contributed by atoms with Crippen molar-refractivity contribution in [3.05, 3.63) is 69.0 Å². The molecule has 0 unspecified atom stereocenters. The van der Waals surface area contributed by atoms with Crippen LogP contribution in [0.1, 0.15) is 31.8 Å². The lowest BCUT2D eigenvalue weighted by Crippen LogP contribution is -2.13. The summed E-state index contributed by atoms with van der Waals surface area (Å²) in [4.78, 5) is 39.4. The quantitative estimate of drug-likeness (QED) is 0.407. The molecule has 0 bridgehead atoms. The Kier molecular flexibility index (Phi) is 4.25. The fourth-order valence-corrected chi connectivity index (χ4v) is 2.64. The minimum Gasteiger partial charge on any atom is -0.465 e. The molecule has 1 aromatic heterocycles. The van der Waals surface area contributed by atoms with Crippen LogP contribution in [0.5, 0.6) is 0 Å². The standard InChI is InChI=1S/C18H15N3O5/c1-10-4-15-16(5-11(10)2)20(9-19-15)17(22)12-6-13(18(23)26-3)8-14(7-12)21(24)25/h4-9H,1-3H3. The van der Waals surface area contributed by atoms with Crippen molar-refractivity contribution in [1.82, 2.24) is 9.55 Å². The van der Waals surface area contributed by atoms with Crippen molar-refractivity contribution in [3.63, 3.8) is 0 Å². The zero-order valence-electron chi connectivity index (χ0n) is 14.3. The van der Waals surface area contributed by atoms with E-state index in [2.05, 4.69) is 9.72 Å². The van der Waals surface area contributed by atoms with Crippen molar-refractivity contribution in [2.75, 3.05) is 7.11 Å². The molecule has 0 aliphatic rings. The molecule has 26 heavy (non-hydrogen) atoms. The molecule has 0 saturated heterocycles. The lowest BCUT2D eigenvalue weighted by Gasteiger charge is -2.07. The second-order valence-electron chi connectivity index (χ2n) is 5.86. The number of carbonyl (C=O) groups is 2. The van der Waals surface area contributed by atoms with Crippen molar-refractivity contribution in [2.45, 2.75) is 13.8 Å². The van der Waals surface area contributed by atoms with Gasteiger partial charge in [-0.05, 0) is 43.2 Å². The van der Waals surface area contributed by atoms with Gasteiger partial charge >= 0.3 is 5.97 Å². The molecule has 2 aromatic carbocycles. The van der Waals surface area contributed by atoms with Crippen LogP contribution in [0.25, 0.3) is 11.0 Å². The van der Waals surface area contributed by atoms with E-state index in [-0.39, 0.29) is 16.8 Å². The van der Waals surface area contributed by atoms with Crippen LogP contribution in [-0.4, -0.2) is 33.5 Å². The fraction of sp³-hybridized carbons (Fsp3) is 0.167. The summed E-state index contributed by atoms with van der Waals surface area (Å²) in [6, 6.07) is 7.16. The molecule has 0 amide bonds. The highest BCUT2D eigenvalue weighted by molar-refractivity contribution is 6.03. The van der Waals surface area contributed by atoms with Gasteiger partial charge in [0, 0.05) is 17.7 Å². The van der Waals surface area contributed by atoms with E-state index in [9.17, 15) is 19.7 Å². The van der Waals surface area contributed by atoms with E-state index >= 15 is 0 Å². The topological polar surface area (TPSA) is 104 Å². The number of esters is 1. The number of aryl methyl sites for hydroxylation is 2. The third-order valence-electron chi connectivity index (χ3n) is 4.18. The lowest BCUT2D eigenvalue weighted by atomic mass is 10.1. The van der Waals surface area contributed by atoms with Crippen LogP contribution in [-0.2, 0) is 4.74 Å². The van der Waals surface area contributed by atoms with Crippen molar-refractivity contribution in [2.24, 2.45) is 0 Å². The molecule has 132 valence electrons. The highest BCUT2D eigenvalue weighted by atomic mass is 16.6. The maximum Gasteiger partial charge on any atom is 0.338 e.